The van der Waals surface area contributed by atoms with E-state index in [4.69, 9.17) is 9.84 Å². The first-order valence-corrected chi connectivity index (χ1v) is 10.4. The van der Waals surface area contributed by atoms with Gasteiger partial charge in [0.15, 0.2) is 0 Å². The van der Waals surface area contributed by atoms with E-state index in [0.717, 1.165) is 24.3 Å². The molecule has 0 aromatic heterocycles. The number of amides is 1. The van der Waals surface area contributed by atoms with Gasteiger partial charge in [-0.25, -0.2) is 0 Å². The van der Waals surface area contributed by atoms with Crippen molar-refractivity contribution in [1.82, 2.24) is 4.90 Å². The van der Waals surface area contributed by atoms with Gasteiger partial charge in [0.25, 0.3) is 0 Å². The molecule has 180 valence electrons. The molecule has 1 fully saturated rings. The molecule has 4 nitrogen and oxygen atoms in total. The molecule has 0 spiro atoms. The number of rotatable bonds is 7. The fourth-order valence-corrected chi connectivity index (χ4v) is 3.89. The quantitative estimate of drug-likeness (QED) is 0.242. The van der Waals surface area contributed by atoms with Crippen LogP contribution in [0.2, 0.25) is 0 Å². The van der Waals surface area contributed by atoms with Crippen LogP contribution >= 0.6 is 11.8 Å². The zero-order valence-electron chi connectivity index (χ0n) is 17.2. The number of benzene rings is 1. The third-order valence-corrected chi connectivity index (χ3v) is 5.52. The molecule has 11 heteroatoms. The Labute approximate surface area is 190 Å². The number of aliphatic hydroxyl groups excluding tert-OH is 1. The summed E-state index contributed by atoms with van der Waals surface area (Å²) in [5.74, 6) is -0.619. The average Bonchev–Trinajstić information content (AvgIpc) is 2.76. The molecular formula is C22H21F6NO3S. The van der Waals surface area contributed by atoms with Crippen LogP contribution in [-0.2, 0) is 21.9 Å². The van der Waals surface area contributed by atoms with Crippen LogP contribution in [0.25, 0.3) is 6.08 Å². The second-order valence-corrected chi connectivity index (χ2v) is 7.77. The minimum atomic E-state index is -5.34. The van der Waals surface area contributed by atoms with Crippen LogP contribution in [0, 0.1) is 0 Å². The molecule has 1 heterocycles. The maximum atomic E-state index is 13.9. The van der Waals surface area contributed by atoms with Gasteiger partial charge in [-0.2, -0.15) is 26.3 Å². The third-order valence-electron chi connectivity index (χ3n) is 4.43. The molecule has 1 aromatic carbocycles. The van der Waals surface area contributed by atoms with Gasteiger partial charge >= 0.3 is 12.4 Å². The Morgan fingerprint density at radius 1 is 1.12 bits per heavy atom. The van der Waals surface area contributed by atoms with Gasteiger partial charge in [0.1, 0.15) is 0 Å². The Hall–Kier alpha value is -2.50. The molecule has 1 aromatic rings. The Kier molecular flexibility index (Phi) is 9.38. The second kappa shape index (κ2) is 11.6. The lowest BCUT2D eigenvalue weighted by Crippen LogP contribution is -2.39. The summed E-state index contributed by atoms with van der Waals surface area (Å²) in [5, 5.41) is 8.76. The monoisotopic (exact) mass is 493 g/mol. The van der Waals surface area contributed by atoms with E-state index in [1.165, 1.54) is 29.2 Å². The van der Waals surface area contributed by atoms with Crippen molar-refractivity contribution < 1.29 is 41.0 Å². The summed E-state index contributed by atoms with van der Waals surface area (Å²) in [4.78, 5) is 13.0. The van der Waals surface area contributed by atoms with E-state index in [0.29, 0.717) is 11.8 Å². The van der Waals surface area contributed by atoms with Crippen molar-refractivity contribution in [3.63, 3.8) is 0 Å². The fraction of sp³-hybridized carbons (Fsp3) is 0.318. The van der Waals surface area contributed by atoms with Crippen LogP contribution in [0.5, 0.6) is 0 Å². The number of carbonyl (C=O) groups is 1. The zero-order chi connectivity index (χ0) is 24.6. The number of alkyl halides is 6. The molecule has 33 heavy (non-hydrogen) atoms. The largest absolute Gasteiger partial charge is 0.418 e. The number of hydrogen-bond acceptors (Lipinski definition) is 4. The van der Waals surface area contributed by atoms with Crippen molar-refractivity contribution in [1.29, 1.82) is 0 Å². The molecule has 1 saturated heterocycles. The lowest BCUT2D eigenvalue weighted by Gasteiger charge is -2.25. The number of ether oxygens (including phenoxy) is 1. The number of aliphatic hydroxyl groups is 1. The third kappa shape index (κ3) is 7.51. The first kappa shape index (κ1) is 26.7. The van der Waals surface area contributed by atoms with Gasteiger partial charge in [0, 0.05) is 29.0 Å². The molecule has 0 unspecified atom stereocenters. The summed E-state index contributed by atoms with van der Waals surface area (Å²) in [6.45, 7) is 4.15. The van der Waals surface area contributed by atoms with Crippen molar-refractivity contribution >= 4 is 23.7 Å². The van der Waals surface area contributed by atoms with Crippen LogP contribution in [0.1, 0.15) is 16.7 Å². The van der Waals surface area contributed by atoms with Crippen molar-refractivity contribution in [2.75, 3.05) is 32.9 Å². The van der Waals surface area contributed by atoms with Gasteiger partial charge in [-0.1, -0.05) is 42.6 Å². The van der Waals surface area contributed by atoms with Crippen LogP contribution in [0.15, 0.2) is 58.9 Å². The summed E-state index contributed by atoms with van der Waals surface area (Å²) in [6.07, 6.45) is -3.93. The van der Waals surface area contributed by atoms with Crippen LogP contribution in [0.3, 0.4) is 0 Å². The smallest absolute Gasteiger partial charge is 0.392 e. The second-order valence-electron chi connectivity index (χ2n) is 6.66. The van der Waals surface area contributed by atoms with Gasteiger partial charge < -0.3 is 14.7 Å². The number of nitrogens with zero attached hydrogens (tertiary/aromatic N) is 1. The van der Waals surface area contributed by atoms with Crippen molar-refractivity contribution in [2.45, 2.75) is 17.2 Å². The Morgan fingerprint density at radius 3 is 2.30 bits per heavy atom. The topological polar surface area (TPSA) is 49.8 Å². The van der Waals surface area contributed by atoms with E-state index in [2.05, 4.69) is 6.58 Å². The maximum absolute atomic E-state index is 13.9. The van der Waals surface area contributed by atoms with Crippen LogP contribution in [0.4, 0.5) is 26.3 Å². The van der Waals surface area contributed by atoms with Crippen molar-refractivity contribution in [3.05, 3.63) is 70.7 Å². The number of thioether (sulfide) groups is 1. The standard InChI is InChI=1S/C22H21F6NO3S/c1-2-16(5-3-4-12-30)33-17-8-6-15(7-9-18(31)29-10-13-32-14-11-29)19(21(23,24)25)20(17)22(26,27)28/h2-9,30H,1,10-14H2/b4-3-,9-7+,16-5+. The summed E-state index contributed by atoms with van der Waals surface area (Å²) < 4.78 is 88.2. The highest BCUT2D eigenvalue weighted by Crippen LogP contribution is 2.48. The highest BCUT2D eigenvalue weighted by Gasteiger charge is 2.46. The van der Waals surface area contributed by atoms with Gasteiger partial charge in [0.05, 0.1) is 30.9 Å². The minimum Gasteiger partial charge on any atom is -0.392 e. The number of hydrogen-bond donors (Lipinski definition) is 1. The molecule has 0 bridgehead atoms. The summed E-state index contributed by atoms with van der Waals surface area (Å²) in [5.41, 5.74) is -4.50. The van der Waals surface area contributed by atoms with Gasteiger partial charge in [-0.3, -0.25) is 4.79 Å². The highest BCUT2D eigenvalue weighted by atomic mass is 32.2. The number of carbonyl (C=O) groups excluding carboxylic acids is 1. The molecule has 0 atom stereocenters. The summed E-state index contributed by atoms with van der Waals surface area (Å²) in [7, 11) is 0. The SMILES string of the molecule is C=C/C(=C\C=C/CO)Sc1ccc(/C=C/C(=O)N2CCOCC2)c(C(F)(F)F)c1C(F)(F)F. The molecule has 0 saturated carbocycles. The van der Waals surface area contributed by atoms with Gasteiger partial charge in [-0.05, 0) is 23.8 Å². The molecule has 1 amide bonds. The molecule has 0 aliphatic carbocycles. The Bertz CT molecular complexity index is 945. The van der Waals surface area contributed by atoms with Gasteiger partial charge in [-0.15, -0.1) is 0 Å². The zero-order valence-corrected chi connectivity index (χ0v) is 18.1. The van der Waals surface area contributed by atoms with Crippen LogP contribution in [-0.4, -0.2) is 48.8 Å². The number of allylic oxidation sites excluding steroid dienone is 3. The van der Waals surface area contributed by atoms with Gasteiger partial charge in [0.2, 0.25) is 5.91 Å². The molecule has 2 rings (SSSR count). The summed E-state index contributed by atoms with van der Waals surface area (Å²) >= 11 is 0.456. The normalized spacial score (nSPS) is 16.1. The van der Waals surface area contributed by atoms with Crippen molar-refractivity contribution in [3.8, 4) is 0 Å². The lowest BCUT2D eigenvalue weighted by atomic mass is 9.99. The van der Waals surface area contributed by atoms with E-state index in [1.54, 1.807) is 0 Å². The Balaban J connectivity index is 2.55. The number of halogens is 6. The summed E-state index contributed by atoms with van der Waals surface area (Å²) in [6, 6.07) is 1.82. The van der Waals surface area contributed by atoms with E-state index in [9.17, 15) is 31.1 Å². The lowest BCUT2D eigenvalue weighted by molar-refractivity contribution is -0.163. The van der Waals surface area contributed by atoms with E-state index < -0.39 is 39.8 Å². The fourth-order valence-electron chi connectivity index (χ4n) is 2.96. The predicted molar refractivity (Wildman–Crippen MR) is 113 cm³/mol. The van der Waals surface area contributed by atoms with E-state index >= 15 is 0 Å². The average molecular weight is 493 g/mol. The van der Waals surface area contributed by atoms with E-state index in [-0.39, 0.29) is 37.8 Å². The molecule has 1 aliphatic heterocycles. The van der Waals surface area contributed by atoms with E-state index in [1.807, 2.05) is 0 Å². The molecular weight excluding hydrogens is 472 g/mol. The highest BCUT2D eigenvalue weighted by molar-refractivity contribution is 8.03. The maximum Gasteiger partial charge on any atom is 0.418 e. The Morgan fingerprint density at radius 2 is 1.76 bits per heavy atom. The molecule has 0 radical (unpaired) electrons. The minimum absolute atomic E-state index is 0.143. The first-order chi connectivity index (χ1) is 15.5. The predicted octanol–water partition coefficient (Wildman–Crippen LogP) is 5.31. The van der Waals surface area contributed by atoms with Crippen molar-refractivity contribution in [2.24, 2.45) is 0 Å². The first-order valence-electron chi connectivity index (χ1n) is 9.63. The molecule has 1 aliphatic rings. The number of morpholine rings is 1. The molecule has 1 N–H and O–H groups in total. The van der Waals surface area contributed by atoms with Crippen LogP contribution < -0.4 is 0 Å².